The van der Waals surface area contributed by atoms with Crippen molar-refractivity contribution in [2.75, 3.05) is 0 Å². The number of esters is 1. The fraction of sp³-hybridized carbons (Fsp3) is 0.520. The number of allylic oxidation sites excluding steroid dienone is 3. The van der Waals surface area contributed by atoms with Crippen LogP contribution >= 0.6 is 23.2 Å². The first-order valence-corrected chi connectivity index (χ1v) is 11.8. The minimum absolute atomic E-state index is 0.0605. The zero-order valence-corrected chi connectivity index (χ0v) is 19.8. The Morgan fingerprint density at radius 2 is 1.81 bits per heavy atom. The maximum Gasteiger partial charge on any atom is 0.337 e. The van der Waals surface area contributed by atoms with Gasteiger partial charge in [0.05, 0.1) is 15.6 Å². The molecular weight excluding hydrogens is 433 g/mol. The molecule has 0 radical (unpaired) electrons. The number of dihydropyridines is 1. The van der Waals surface area contributed by atoms with Gasteiger partial charge in [0.25, 0.3) is 0 Å². The van der Waals surface area contributed by atoms with Gasteiger partial charge in [0.1, 0.15) is 6.10 Å². The van der Waals surface area contributed by atoms with Gasteiger partial charge in [0, 0.05) is 29.3 Å². The second-order valence-corrected chi connectivity index (χ2v) is 10.6. The van der Waals surface area contributed by atoms with Gasteiger partial charge in [-0.15, -0.1) is 0 Å². The van der Waals surface area contributed by atoms with Gasteiger partial charge in [-0.05, 0) is 62.1 Å². The summed E-state index contributed by atoms with van der Waals surface area (Å²) in [5.41, 5.74) is 3.43. The van der Waals surface area contributed by atoms with E-state index in [-0.39, 0.29) is 23.3 Å². The number of hydrogen-bond donors (Lipinski definition) is 1. The topological polar surface area (TPSA) is 55.4 Å². The molecule has 2 aliphatic carbocycles. The van der Waals surface area contributed by atoms with Crippen molar-refractivity contribution in [2.24, 2.45) is 5.41 Å². The lowest BCUT2D eigenvalue weighted by atomic mass is 9.68. The predicted octanol–water partition coefficient (Wildman–Crippen LogP) is 6.47. The molecule has 1 N–H and O–H groups in total. The zero-order chi connectivity index (χ0) is 22.3. The van der Waals surface area contributed by atoms with Crippen LogP contribution in [0.5, 0.6) is 0 Å². The minimum Gasteiger partial charge on any atom is -0.459 e. The van der Waals surface area contributed by atoms with Gasteiger partial charge in [-0.3, -0.25) is 4.79 Å². The Morgan fingerprint density at radius 3 is 2.48 bits per heavy atom. The molecule has 3 aliphatic rings. The van der Waals surface area contributed by atoms with E-state index >= 15 is 0 Å². The third-order valence-electron chi connectivity index (χ3n) is 6.56. The van der Waals surface area contributed by atoms with E-state index in [1.165, 1.54) is 6.42 Å². The lowest BCUT2D eigenvalue weighted by Crippen LogP contribution is -2.39. The first-order chi connectivity index (χ1) is 14.7. The lowest BCUT2D eigenvalue weighted by molar-refractivity contribution is -0.146. The highest BCUT2D eigenvalue weighted by Gasteiger charge is 2.43. The predicted molar refractivity (Wildman–Crippen MR) is 123 cm³/mol. The van der Waals surface area contributed by atoms with Gasteiger partial charge in [0.2, 0.25) is 0 Å². The van der Waals surface area contributed by atoms with E-state index in [0.717, 1.165) is 49.1 Å². The second-order valence-electron chi connectivity index (χ2n) is 9.77. The molecule has 31 heavy (non-hydrogen) atoms. The number of rotatable bonds is 3. The summed E-state index contributed by atoms with van der Waals surface area (Å²) in [7, 11) is 0. The highest BCUT2D eigenvalue weighted by molar-refractivity contribution is 6.42. The van der Waals surface area contributed by atoms with E-state index in [9.17, 15) is 9.59 Å². The molecule has 6 heteroatoms. The molecule has 1 atom stereocenters. The zero-order valence-electron chi connectivity index (χ0n) is 18.3. The van der Waals surface area contributed by atoms with Crippen molar-refractivity contribution in [1.29, 1.82) is 0 Å². The van der Waals surface area contributed by atoms with Crippen molar-refractivity contribution in [3.8, 4) is 0 Å². The van der Waals surface area contributed by atoms with E-state index in [0.29, 0.717) is 27.6 Å². The molecule has 1 fully saturated rings. The molecule has 1 aliphatic heterocycles. The number of Topliss-reactive ketones (excluding diaryl/α,β-unsaturated/α-hetero) is 1. The molecule has 0 amide bonds. The van der Waals surface area contributed by atoms with Crippen LogP contribution in [-0.4, -0.2) is 17.9 Å². The third-order valence-corrected chi connectivity index (χ3v) is 7.30. The van der Waals surface area contributed by atoms with Gasteiger partial charge < -0.3 is 10.1 Å². The summed E-state index contributed by atoms with van der Waals surface area (Å²) in [6, 6.07) is 5.33. The summed E-state index contributed by atoms with van der Waals surface area (Å²) in [4.78, 5) is 26.7. The Labute approximate surface area is 194 Å². The quantitative estimate of drug-likeness (QED) is 0.523. The number of benzene rings is 1. The number of hydrogen-bond acceptors (Lipinski definition) is 4. The van der Waals surface area contributed by atoms with E-state index in [2.05, 4.69) is 19.2 Å². The Balaban J connectivity index is 1.78. The smallest absolute Gasteiger partial charge is 0.337 e. The summed E-state index contributed by atoms with van der Waals surface area (Å²) in [6.45, 7) is 6.07. The molecular formula is C25H29Cl2NO3. The van der Waals surface area contributed by atoms with Crippen molar-refractivity contribution < 1.29 is 14.3 Å². The van der Waals surface area contributed by atoms with E-state index in [1.54, 1.807) is 12.1 Å². The number of ether oxygens (including phenoxy) is 1. The van der Waals surface area contributed by atoms with Crippen molar-refractivity contribution in [3.05, 3.63) is 56.3 Å². The molecule has 166 valence electrons. The van der Waals surface area contributed by atoms with Crippen LogP contribution in [0.25, 0.3) is 0 Å². The summed E-state index contributed by atoms with van der Waals surface area (Å²) in [5.74, 6) is -0.798. The number of ketones is 1. The number of nitrogens with one attached hydrogen (secondary N) is 1. The van der Waals surface area contributed by atoms with Crippen LogP contribution in [-0.2, 0) is 14.3 Å². The fourth-order valence-electron chi connectivity index (χ4n) is 5.13. The minimum atomic E-state index is -0.509. The second kappa shape index (κ2) is 8.63. The van der Waals surface area contributed by atoms with Crippen molar-refractivity contribution >= 4 is 35.0 Å². The molecule has 0 bridgehead atoms. The first kappa shape index (κ1) is 22.4. The Hall–Kier alpha value is -1.78. The largest absolute Gasteiger partial charge is 0.459 e. The van der Waals surface area contributed by atoms with Gasteiger partial charge in [0.15, 0.2) is 5.78 Å². The van der Waals surface area contributed by atoms with Crippen LogP contribution in [0.4, 0.5) is 0 Å². The fourth-order valence-corrected chi connectivity index (χ4v) is 5.44. The summed E-state index contributed by atoms with van der Waals surface area (Å²) in [6.07, 6.45) is 6.24. The molecule has 0 saturated heterocycles. The average Bonchev–Trinajstić information content (AvgIpc) is 2.68. The maximum absolute atomic E-state index is 13.4. The van der Waals surface area contributed by atoms with Crippen molar-refractivity contribution in [1.82, 2.24) is 5.32 Å². The standard InChI is InChI=1S/C25H29Cl2NO3/c1-14-21(24(30)31-16-7-5-4-6-8-16)22(15-9-10-17(26)18(27)11-15)23-19(28-14)12-25(2,3)13-20(23)29/h9-11,16,22,28H,4-8,12-13H2,1-3H3. The van der Waals surface area contributed by atoms with Gasteiger partial charge in [-0.25, -0.2) is 4.79 Å². The lowest BCUT2D eigenvalue weighted by Gasteiger charge is -2.39. The molecule has 4 rings (SSSR count). The normalized spacial score (nSPS) is 24.0. The third kappa shape index (κ3) is 4.56. The van der Waals surface area contributed by atoms with Crippen LogP contribution in [0, 0.1) is 5.41 Å². The molecule has 1 aromatic carbocycles. The van der Waals surface area contributed by atoms with E-state index < -0.39 is 5.92 Å². The van der Waals surface area contributed by atoms with Gasteiger partial charge in [-0.1, -0.05) is 49.5 Å². The van der Waals surface area contributed by atoms with Crippen LogP contribution in [0.3, 0.4) is 0 Å². The number of halogens is 2. The Morgan fingerprint density at radius 1 is 1.10 bits per heavy atom. The van der Waals surface area contributed by atoms with E-state index in [4.69, 9.17) is 27.9 Å². The van der Waals surface area contributed by atoms with Crippen LogP contribution in [0.2, 0.25) is 10.0 Å². The monoisotopic (exact) mass is 461 g/mol. The summed E-state index contributed by atoms with van der Waals surface area (Å²) < 4.78 is 5.93. The Kier molecular flexibility index (Phi) is 6.24. The van der Waals surface area contributed by atoms with Crippen molar-refractivity contribution in [2.45, 2.75) is 77.7 Å². The van der Waals surface area contributed by atoms with Crippen LogP contribution in [0.1, 0.15) is 77.2 Å². The van der Waals surface area contributed by atoms with Gasteiger partial charge in [-0.2, -0.15) is 0 Å². The summed E-state index contributed by atoms with van der Waals surface area (Å²) in [5, 5.41) is 4.22. The van der Waals surface area contributed by atoms with E-state index in [1.807, 2.05) is 13.0 Å². The van der Waals surface area contributed by atoms with Crippen LogP contribution < -0.4 is 5.32 Å². The molecule has 0 spiro atoms. The summed E-state index contributed by atoms with van der Waals surface area (Å²) >= 11 is 12.5. The van der Waals surface area contributed by atoms with Gasteiger partial charge >= 0.3 is 5.97 Å². The molecule has 1 saturated carbocycles. The molecule has 0 aromatic heterocycles. The highest BCUT2D eigenvalue weighted by Crippen LogP contribution is 2.47. The molecule has 1 heterocycles. The first-order valence-electron chi connectivity index (χ1n) is 11.1. The Bertz CT molecular complexity index is 986. The molecule has 1 aromatic rings. The highest BCUT2D eigenvalue weighted by atomic mass is 35.5. The van der Waals surface area contributed by atoms with Crippen molar-refractivity contribution in [3.63, 3.8) is 0 Å². The van der Waals surface area contributed by atoms with Crippen LogP contribution in [0.15, 0.2) is 40.7 Å². The molecule has 4 nitrogen and oxygen atoms in total. The molecule has 1 unspecified atom stereocenters. The SMILES string of the molecule is CC1=C(C(=O)OC2CCCCC2)C(c2ccc(Cl)c(Cl)c2)C2=C(CC(C)(C)CC2=O)N1. The number of carbonyl (C=O) groups excluding carboxylic acids is 2. The average molecular weight is 462 g/mol. The maximum atomic E-state index is 13.4. The number of carbonyl (C=O) groups is 2.